The van der Waals surface area contributed by atoms with Crippen LogP contribution in [0.5, 0.6) is 11.5 Å². The van der Waals surface area contributed by atoms with Gasteiger partial charge in [0.05, 0.1) is 18.2 Å². The van der Waals surface area contributed by atoms with Crippen molar-refractivity contribution in [1.82, 2.24) is 4.90 Å². The first kappa shape index (κ1) is 27.7. The van der Waals surface area contributed by atoms with Gasteiger partial charge in [-0.25, -0.2) is 9.18 Å². The summed E-state index contributed by atoms with van der Waals surface area (Å²) in [5.74, 6) is -0.301. The van der Waals surface area contributed by atoms with E-state index in [1.165, 1.54) is 48.4 Å². The zero-order chi connectivity index (χ0) is 29.1. The average Bonchev–Trinajstić information content (AvgIpc) is 2.97. The molecule has 0 atom stereocenters. The zero-order valence-electron chi connectivity index (χ0n) is 21.8. The smallest absolute Gasteiger partial charge is 0.416 e. The first-order valence-corrected chi connectivity index (χ1v) is 12.6. The van der Waals surface area contributed by atoms with E-state index in [1.54, 1.807) is 24.3 Å². The van der Waals surface area contributed by atoms with Gasteiger partial charge in [0.2, 0.25) is 0 Å². The topological polar surface area (TPSA) is 67.9 Å². The second-order valence-electron chi connectivity index (χ2n) is 9.39. The van der Waals surface area contributed by atoms with Crippen LogP contribution in [0.4, 0.5) is 28.0 Å². The summed E-state index contributed by atoms with van der Waals surface area (Å²) >= 11 is 0. The molecular weight excluding hydrogens is 540 g/mol. The predicted molar refractivity (Wildman–Crippen MR) is 144 cm³/mol. The maximum absolute atomic E-state index is 13.4. The van der Waals surface area contributed by atoms with Crippen molar-refractivity contribution in [1.29, 1.82) is 0 Å². The largest absolute Gasteiger partial charge is 0.496 e. The highest BCUT2D eigenvalue weighted by molar-refractivity contribution is 6.09. The molecule has 0 radical (unpaired) electrons. The summed E-state index contributed by atoms with van der Waals surface area (Å²) in [5, 5.41) is 2.87. The Morgan fingerprint density at radius 2 is 1.63 bits per heavy atom. The highest BCUT2D eigenvalue weighted by Gasteiger charge is 2.30. The molecular formula is C31H24F4N2O4. The fourth-order valence-corrected chi connectivity index (χ4v) is 4.67. The molecule has 0 aliphatic carbocycles. The average molecular weight is 565 g/mol. The van der Waals surface area contributed by atoms with Gasteiger partial charge < -0.3 is 19.7 Å². The van der Waals surface area contributed by atoms with E-state index >= 15 is 0 Å². The van der Waals surface area contributed by atoms with Gasteiger partial charge >= 0.3 is 12.3 Å². The SMILES string of the molecule is COc1cccc(C(=O)Nc2ccc3c(c2)CCN(C(=O)Oc2ccc(F)cc2)C3)c1-c1ccc(C(F)(F)F)cc1. The number of methoxy groups -OCH3 is 1. The Morgan fingerprint density at radius 3 is 2.32 bits per heavy atom. The Bertz CT molecular complexity index is 1590. The molecule has 1 heterocycles. The van der Waals surface area contributed by atoms with Crippen LogP contribution in [0, 0.1) is 5.82 Å². The van der Waals surface area contributed by atoms with Crippen molar-refractivity contribution in [2.45, 2.75) is 19.1 Å². The number of amides is 2. The summed E-state index contributed by atoms with van der Waals surface area (Å²) in [6.45, 7) is 0.690. The number of alkyl halides is 3. The Hall–Kier alpha value is -4.86. The number of rotatable bonds is 5. The first-order chi connectivity index (χ1) is 19.6. The lowest BCUT2D eigenvalue weighted by Gasteiger charge is -2.28. The lowest BCUT2D eigenvalue weighted by atomic mass is 9.96. The summed E-state index contributed by atoms with van der Waals surface area (Å²) in [6, 6.07) is 19.9. The van der Waals surface area contributed by atoms with E-state index in [0.29, 0.717) is 42.1 Å². The van der Waals surface area contributed by atoms with Crippen molar-refractivity contribution in [3.63, 3.8) is 0 Å². The van der Waals surface area contributed by atoms with Crippen molar-refractivity contribution in [2.75, 3.05) is 19.0 Å². The quantitative estimate of drug-likeness (QED) is 0.258. The van der Waals surface area contributed by atoms with E-state index in [0.717, 1.165) is 23.3 Å². The van der Waals surface area contributed by atoms with Crippen LogP contribution in [0.15, 0.2) is 84.9 Å². The molecule has 0 spiro atoms. The Balaban J connectivity index is 1.32. The number of nitrogens with one attached hydrogen (secondary N) is 1. The van der Waals surface area contributed by atoms with Gasteiger partial charge in [-0.05, 0) is 83.8 Å². The summed E-state index contributed by atoms with van der Waals surface area (Å²) in [7, 11) is 1.42. The maximum Gasteiger partial charge on any atom is 0.416 e. The van der Waals surface area contributed by atoms with Crippen LogP contribution in [0.1, 0.15) is 27.0 Å². The molecule has 0 saturated heterocycles. The van der Waals surface area contributed by atoms with E-state index in [4.69, 9.17) is 9.47 Å². The number of halogens is 4. The van der Waals surface area contributed by atoms with Gasteiger partial charge in [-0.1, -0.05) is 24.3 Å². The third kappa shape index (κ3) is 6.16. The number of ether oxygens (including phenoxy) is 2. The van der Waals surface area contributed by atoms with Crippen molar-refractivity contribution >= 4 is 17.7 Å². The van der Waals surface area contributed by atoms with Crippen LogP contribution >= 0.6 is 0 Å². The molecule has 1 N–H and O–H groups in total. The van der Waals surface area contributed by atoms with Gasteiger partial charge in [0, 0.05) is 24.3 Å². The van der Waals surface area contributed by atoms with Crippen molar-refractivity contribution < 1.29 is 36.6 Å². The van der Waals surface area contributed by atoms with Gasteiger partial charge in [0.15, 0.2) is 0 Å². The van der Waals surface area contributed by atoms with Crippen molar-refractivity contribution in [3.05, 3.63) is 113 Å². The Kier molecular flexibility index (Phi) is 7.65. The van der Waals surface area contributed by atoms with Gasteiger partial charge in [-0.2, -0.15) is 13.2 Å². The fourth-order valence-electron chi connectivity index (χ4n) is 4.67. The van der Waals surface area contributed by atoms with Crippen molar-refractivity contribution in [3.8, 4) is 22.6 Å². The van der Waals surface area contributed by atoms with Gasteiger partial charge in [-0.15, -0.1) is 0 Å². The number of hydrogen-bond acceptors (Lipinski definition) is 4. The number of anilines is 1. The number of benzene rings is 4. The fraction of sp³-hybridized carbons (Fsp3) is 0.161. The molecule has 0 aromatic heterocycles. The van der Waals surface area contributed by atoms with E-state index in [1.807, 2.05) is 12.1 Å². The molecule has 2 amide bonds. The van der Waals surface area contributed by atoms with Gasteiger partial charge in [0.1, 0.15) is 17.3 Å². The molecule has 4 aromatic carbocycles. The van der Waals surface area contributed by atoms with Crippen LogP contribution in [-0.4, -0.2) is 30.6 Å². The van der Waals surface area contributed by atoms with Crippen LogP contribution in [0.3, 0.4) is 0 Å². The second-order valence-corrected chi connectivity index (χ2v) is 9.39. The molecule has 10 heteroatoms. The number of carbonyl (C=O) groups excluding carboxylic acids is 2. The molecule has 0 unspecified atom stereocenters. The minimum atomic E-state index is -4.48. The highest BCUT2D eigenvalue weighted by atomic mass is 19.4. The normalized spacial score (nSPS) is 12.9. The second kappa shape index (κ2) is 11.3. The molecule has 210 valence electrons. The van der Waals surface area contributed by atoms with E-state index in [9.17, 15) is 27.2 Å². The summed E-state index contributed by atoms with van der Waals surface area (Å²) in [6.07, 6.45) is -4.51. The summed E-state index contributed by atoms with van der Waals surface area (Å²) < 4.78 is 63.1. The number of carbonyl (C=O) groups is 2. The third-order valence-corrected chi connectivity index (χ3v) is 6.75. The van der Waals surface area contributed by atoms with Crippen LogP contribution in [-0.2, 0) is 19.1 Å². The minimum absolute atomic E-state index is 0.233. The molecule has 1 aliphatic heterocycles. The summed E-state index contributed by atoms with van der Waals surface area (Å²) in [4.78, 5) is 27.5. The molecule has 5 rings (SSSR count). The van der Waals surface area contributed by atoms with Gasteiger partial charge in [-0.3, -0.25) is 4.79 Å². The van der Waals surface area contributed by atoms with E-state index < -0.39 is 29.6 Å². The lowest BCUT2D eigenvalue weighted by molar-refractivity contribution is -0.137. The van der Waals surface area contributed by atoms with E-state index in [-0.39, 0.29) is 11.3 Å². The minimum Gasteiger partial charge on any atom is -0.496 e. The maximum atomic E-state index is 13.4. The molecule has 0 bridgehead atoms. The zero-order valence-corrected chi connectivity index (χ0v) is 21.8. The van der Waals surface area contributed by atoms with Gasteiger partial charge in [0.25, 0.3) is 5.91 Å². The molecule has 6 nitrogen and oxygen atoms in total. The van der Waals surface area contributed by atoms with Crippen LogP contribution in [0.2, 0.25) is 0 Å². The lowest BCUT2D eigenvalue weighted by Crippen LogP contribution is -2.37. The number of nitrogens with zero attached hydrogens (tertiary/aromatic N) is 1. The first-order valence-electron chi connectivity index (χ1n) is 12.6. The van der Waals surface area contributed by atoms with Crippen LogP contribution in [0.25, 0.3) is 11.1 Å². The number of fused-ring (bicyclic) bond motifs is 1. The number of hydrogen-bond donors (Lipinski definition) is 1. The van der Waals surface area contributed by atoms with Crippen LogP contribution < -0.4 is 14.8 Å². The van der Waals surface area contributed by atoms with E-state index in [2.05, 4.69) is 5.32 Å². The van der Waals surface area contributed by atoms with Crippen molar-refractivity contribution in [2.24, 2.45) is 0 Å². The highest BCUT2D eigenvalue weighted by Crippen LogP contribution is 2.36. The third-order valence-electron chi connectivity index (χ3n) is 6.75. The molecule has 4 aromatic rings. The summed E-state index contributed by atoms with van der Waals surface area (Å²) in [5.41, 5.74) is 2.57. The standard InChI is InChI=1S/C31H24F4N2O4/c1-40-27-4-2-3-26(28(27)19-5-8-22(9-6-19)31(33,34)35)29(38)36-24-12-7-21-18-37(16-15-20(21)17-24)30(39)41-25-13-10-23(32)11-14-25/h2-14,17H,15-16,18H2,1H3,(H,36,38). The molecule has 0 saturated carbocycles. The predicted octanol–water partition coefficient (Wildman–Crippen LogP) is 7.33. The molecule has 1 aliphatic rings. The molecule has 0 fully saturated rings. The Morgan fingerprint density at radius 1 is 0.902 bits per heavy atom. The monoisotopic (exact) mass is 564 g/mol. The Labute approximate surface area is 233 Å². The molecule has 41 heavy (non-hydrogen) atoms.